The zero-order valence-electron chi connectivity index (χ0n) is 13.4. The van der Waals surface area contributed by atoms with E-state index in [2.05, 4.69) is 75.0 Å². The molecule has 3 nitrogen and oxygen atoms in total. The van der Waals surface area contributed by atoms with E-state index in [-0.39, 0.29) is 0 Å². The molecule has 120 valence electrons. The lowest BCUT2D eigenvalue weighted by molar-refractivity contribution is 0.270. The first-order valence-corrected chi connectivity index (χ1v) is 9.16. The SMILES string of the molecule is CCOc1c(Br)cc(CNC(C)CN(CC)CC)cc1Br. The summed E-state index contributed by atoms with van der Waals surface area (Å²) in [6, 6.07) is 4.70. The first-order valence-electron chi connectivity index (χ1n) is 7.58. The summed E-state index contributed by atoms with van der Waals surface area (Å²) in [7, 11) is 0. The maximum atomic E-state index is 5.61. The van der Waals surface area contributed by atoms with Gasteiger partial charge in [-0.05, 0) is 76.5 Å². The molecule has 0 amide bonds. The number of nitrogens with one attached hydrogen (secondary N) is 1. The number of ether oxygens (including phenoxy) is 1. The Bertz CT molecular complexity index is 413. The molecule has 0 saturated heterocycles. The van der Waals surface area contributed by atoms with Gasteiger partial charge in [-0.1, -0.05) is 13.8 Å². The quantitative estimate of drug-likeness (QED) is 0.638. The van der Waals surface area contributed by atoms with Crippen molar-refractivity contribution in [1.82, 2.24) is 10.2 Å². The van der Waals surface area contributed by atoms with Crippen molar-refractivity contribution in [3.63, 3.8) is 0 Å². The molecule has 0 aliphatic heterocycles. The van der Waals surface area contributed by atoms with Gasteiger partial charge in [0.15, 0.2) is 0 Å². The lowest BCUT2D eigenvalue weighted by atomic mass is 10.2. The fourth-order valence-corrected chi connectivity index (χ4v) is 3.73. The monoisotopic (exact) mass is 420 g/mol. The molecule has 0 aromatic heterocycles. The predicted octanol–water partition coefficient (Wildman–Crippen LogP) is 4.43. The third-order valence-electron chi connectivity index (χ3n) is 3.43. The molecule has 0 aliphatic carbocycles. The van der Waals surface area contributed by atoms with Gasteiger partial charge in [0.1, 0.15) is 5.75 Å². The summed E-state index contributed by atoms with van der Waals surface area (Å²) in [4.78, 5) is 2.43. The second kappa shape index (κ2) is 9.82. The minimum atomic E-state index is 0.467. The van der Waals surface area contributed by atoms with E-state index >= 15 is 0 Å². The molecule has 0 saturated carbocycles. The van der Waals surface area contributed by atoms with Gasteiger partial charge < -0.3 is 15.0 Å². The molecule has 0 aliphatic rings. The summed E-state index contributed by atoms with van der Waals surface area (Å²) in [6.45, 7) is 13.4. The van der Waals surface area contributed by atoms with Crippen molar-refractivity contribution in [2.75, 3.05) is 26.2 Å². The van der Waals surface area contributed by atoms with E-state index in [0.29, 0.717) is 12.6 Å². The van der Waals surface area contributed by atoms with Crippen LogP contribution in [-0.4, -0.2) is 37.2 Å². The van der Waals surface area contributed by atoms with Gasteiger partial charge in [-0.15, -0.1) is 0 Å². The molecule has 1 atom stereocenters. The van der Waals surface area contributed by atoms with Crippen LogP contribution >= 0.6 is 31.9 Å². The molecular weight excluding hydrogens is 396 g/mol. The lowest BCUT2D eigenvalue weighted by Gasteiger charge is -2.23. The summed E-state index contributed by atoms with van der Waals surface area (Å²) < 4.78 is 7.59. The van der Waals surface area contributed by atoms with E-state index in [4.69, 9.17) is 4.74 Å². The first-order chi connectivity index (χ1) is 10.0. The Labute approximate surface area is 145 Å². The third kappa shape index (κ3) is 6.27. The average molecular weight is 422 g/mol. The van der Waals surface area contributed by atoms with E-state index in [1.54, 1.807) is 0 Å². The number of likely N-dealkylation sites (N-methyl/N-ethyl adjacent to an activating group) is 1. The molecule has 1 N–H and O–H groups in total. The highest BCUT2D eigenvalue weighted by Gasteiger charge is 2.10. The van der Waals surface area contributed by atoms with Crippen LogP contribution in [0, 0.1) is 0 Å². The Morgan fingerprint density at radius 3 is 2.19 bits per heavy atom. The molecule has 1 aromatic carbocycles. The standard InChI is InChI=1S/C16H26Br2N2O/c1-5-20(6-2)11-12(4)19-10-13-8-14(17)16(21-7-3)15(18)9-13/h8-9,12,19H,5-7,10-11H2,1-4H3. The van der Waals surface area contributed by atoms with Crippen molar-refractivity contribution in [2.45, 2.75) is 40.3 Å². The molecule has 0 fully saturated rings. The Hall–Kier alpha value is -0.100. The van der Waals surface area contributed by atoms with Crippen LogP contribution in [0.1, 0.15) is 33.3 Å². The van der Waals surface area contributed by atoms with Crippen LogP contribution in [0.2, 0.25) is 0 Å². The molecule has 0 bridgehead atoms. The van der Waals surface area contributed by atoms with Crippen molar-refractivity contribution in [3.8, 4) is 5.75 Å². The number of nitrogens with zero attached hydrogens (tertiary/aromatic N) is 1. The lowest BCUT2D eigenvalue weighted by Crippen LogP contribution is -2.38. The third-order valence-corrected chi connectivity index (χ3v) is 4.61. The van der Waals surface area contributed by atoms with E-state index in [1.165, 1.54) is 5.56 Å². The largest absolute Gasteiger partial charge is 0.492 e. The Morgan fingerprint density at radius 1 is 1.14 bits per heavy atom. The molecule has 1 aromatic rings. The number of rotatable bonds is 9. The van der Waals surface area contributed by atoms with Crippen LogP contribution in [0.15, 0.2) is 21.1 Å². The highest BCUT2D eigenvalue weighted by atomic mass is 79.9. The first kappa shape index (κ1) is 18.9. The van der Waals surface area contributed by atoms with Crippen molar-refractivity contribution < 1.29 is 4.74 Å². The average Bonchev–Trinajstić information content (AvgIpc) is 2.46. The second-order valence-corrected chi connectivity index (χ2v) is 6.80. The zero-order chi connectivity index (χ0) is 15.8. The van der Waals surface area contributed by atoms with Crippen LogP contribution < -0.4 is 10.1 Å². The van der Waals surface area contributed by atoms with Gasteiger partial charge in [0.05, 0.1) is 15.6 Å². The molecular formula is C16H26Br2N2O. The number of hydrogen-bond acceptors (Lipinski definition) is 3. The van der Waals surface area contributed by atoms with Crippen LogP contribution in [-0.2, 0) is 6.54 Å². The molecule has 1 rings (SSSR count). The van der Waals surface area contributed by atoms with Gasteiger partial charge in [0.2, 0.25) is 0 Å². The van der Waals surface area contributed by atoms with Gasteiger partial charge in [-0.2, -0.15) is 0 Å². The topological polar surface area (TPSA) is 24.5 Å². The molecule has 0 radical (unpaired) electrons. The van der Waals surface area contributed by atoms with Crippen molar-refractivity contribution >= 4 is 31.9 Å². The van der Waals surface area contributed by atoms with Crippen LogP contribution in [0.3, 0.4) is 0 Å². The fourth-order valence-electron chi connectivity index (χ4n) is 2.22. The van der Waals surface area contributed by atoms with E-state index in [9.17, 15) is 0 Å². The van der Waals surface area contributed by atoms with Gasteiger partial charge in [0, 0.05) is 19.1 Å². The molecule has 21 heavy (non-hydrogen) atoms. The maximum absolute atomic E-state index is 5.61. The van der Waals surface area contributed by atoms with Crippen LogP contribution in [0.5, 0.6) is 5.75 Å². The van der Waals surface area contributed by atoms with Crippen LogP contribution in [0.4, 0.5) is 0 Å². The van der Waals surface area contributed by atoms with Crippen LogP contribution in [0.25, 0.3) is 0 Å². The van der Waals surface area contributed by atoms with Gasteiger partial charge in [-0.25, -0.2) is 0 Å². The van der Waals surface area contributed by atoms with E-state index in [0.717, 1.165) is 40.9 Å². The number of hydrogen-bond donors (Lipinski definition) is 1. The van der Waals surface area contributed by atoms with Crippen molar-refractivity contribution in [3.05, 3.63) is 26.6 Å². The Morgan fingerprint density at radius 2 is 1.71 bits per heavy atom. The Balaban J connectivity index is 2.59. The predicted molar refractivity (Wildman–Crippen MR) is 97.1 cm³/mol. The fraction of sp³-hybridized carbons (Fsp3) is 0.625. The maximum Gasteiger partial charge on any atom is 0.147 e. The summed E-state index contributed by atoms with van der Waals surface area (Å²) in [5, 5.41) is 3.58. The molecule has 0 spiro atoms. The van der Waals surface area contributed by atoms with E-state index < -0.39 is 0 Å². The summed E-state index contributed by atoms with van der Waals surface area (Å²) in [5.41, 5.74) is 1.24. The number of halogens is 2. The summed E-state index contributed by atoms with van der Waals surface area (Å²) >= 11 is 7.16. The summed E-state index contributed by atoms with van der Waals surface area (Å²) in [6.07, 6.45) is 0. The minimum absolute atomic E-state index is 0.467. The summed E-state index contributed by atoms with van der Waals surface area (Å²) in [5.74, 6) is 0.873. The highest BCUT2D eigenvalue weighted by molar-refractivity contribution is 9.11. The second-order valence-electron chi connectivity index (χ2n) is 5.09. The normalized spacial score (nSPS) is 12.7. The zero-order valence-corrected chi connectivity index (χ0v) is 16.6. The molecule has 0 heterocycles. The minimum Gasteiger partial charge on any atom is -0.492 e. The molecule has 5 heteroatoms. The smallest absolute Gasteiger partial charge is 0.147 e. The molecule has 1 unspecified atom stereocenters. The number of benzene rings is 1. The highest BCUT2D eigenvalue weighted by Crippen LogP contribution is 2.34. The van der Waals surface area contributed by atoms with E-state index in [1.807, 2.05) is 6.92 Å². The van der Waals surface area contributed by atoms with Gasteiger partial charge in [-0.3, -0.25) is 0 Å². The van der Waals surface area contributed by atoms with Crippen molar-refractivity contribution in [1.29, 1.82) is 0 Å². The Kier molecular flexibility index (Phi) is 8.86. The van der Waals surface area contributed by atoms with Crippen molar-refractivity contribution in [2.24, 2.45) is 0 Å². The van der Waals surface area contributed by atoms with Gasteiger partial charge in [0.25, 0.3) is 0 Å². The van der Waals surface area contributed by atoms with Gasteiger partial charge >= 0.3 is 0 Å².